The highest BCUT2D eigenvalue weighted by Gasteiger charge is 2.13. The molecule has 0 saturated carbocycles. The zero-order valence-electron chi connectivity index (χ0n) is 12.7. The van der Waals surface area contributed by atoms with E-state index in [0.717, 1.165) is 16.7 Å². The molecule has 0 saturated heterocycles. The van der Waals surface area contributed by atoms with Crippen molar-refractivity contribution in [2.45, 2.75) is 19.9 Å². The average molecular weight is 293 g/mol. The van der Waals surface area contributed by atoms with Crippen LogP contribution in [0.15, 0.2) is 59.0 Å². The SMILES string of the molecule is CC(C)C(N)c1ccc(-c2nnc(-c3ccccc3)o2)cc1. The summed E-state index contributed by atoms with van der Waals surface area (Å²) < 4.78 is 5.75. The van der Waals surface area contributed by atoms with Gasteiger partial charge in [-0.05, 0) is 35.7 Å². The lowest BCUT2D eigenvalue weighted by Gasteiger charge is -2.15. The molecule has 0 bridgehead atoms. The van der Waals surface area contributed by atoms with Gasteiger partial charge in [0.25, 0.3) is 0 Å². The summed E-state index contributed by atoms with van der Waals surface area (Å²) in [5.74, 6) is 1.45. The fraction of sp³-hybridized carbons (Fsp3) is 0.222. The molecule has 2 N–H and O–H groups in total. The summed E-state index contributed by atoms with van der Waals surface area (Å²) in [4.78, 5) is 0. The fourth-order valence-electron chi connectivity index (χ4n) is 2.27. The fourth-order valence-corrected chi connectivity index (χ4v) is 2.27. The maximum atomic E-state index is 6.16. The summed E-state index contributed by atoms with van der Waals surface area (Å²) in [7, 11) is 0. The van der Waals surface area contributed by atoms with Gasteiger partial charge in [0.15, 0.2) is 0 Å². The van der Waals surface area contributed by atoms with Crippen LogP contribution >= 0.6 is 0 Å². The summed E-state index contributed by atoms with van der Waals surface area (Å²) in [6.07, 6.45) is 0. The molecule has 3 aromatic rings. The molecule has 0 spiro atoms. The van der Waals surface area contributed by atoms with Crippen LogP contribution in [0.25, 0.3) is 22.9 Å². The van der Waals surface area contributed by atoms with Gasteiger partial charge in [-0.2, -0.15) is 0 Å². The van der Waals surface area contributed by atoms with Crippen molar-refractivity contribution in [2.75, 3.05) is 0 Å². The third kappa shape index (κ3) is 2.92. The Bertz CT molecular complexity index is 733. The number of hydrogen-bond acceptors (Lipinski definition) is 4. The highest BCUT2D eigenvalue weighted by atomic mass is 16.4. The first-order valence-electron chi connectivity index (χ1n) is 7.40. The van der Waals surface area contributed by atoms with Crippen molar-refractivity contribution >= 4 is 0 Å². The van der Waals surface area contributed by atoms with Gasteiger partial charge in [-0.15, -0.1) is 10.2 Å². The Morgan fingerprint density at radius 3 is 1.91 bits per heavy atom. The first-order valence-corrected chi connectivity index (χ1v) is 7.40. The molecule has 4 heteroatoms. The minimum atomic E-state index is 0.0385. The van der Waals surface area contributed by atoms with Gasteiger partial charge in [0.05, 0.1) is 0 Å². The number of aromatic nitrogens is 2. The van der Waals surface area contributed by atoms with E-state index in [4.69, 9.17) is 10.2 Å². The Hall–Kier alpha value is -2.46. The van der Waals surface area contributed by atoms with Gasteiger partial charge < -0.3 is 10.2 Å². The summed E-state index contributed by atoms with van der Waals surface area (Å²) >= 11 is 0. The molecule has 3 rings (SSSR count). The number of nitrogens with two attached hydrogens (primary N) is 1. The third-order valence-corrected chi connectivity index (χ3v) is 3.71. The molecule has 1 unspecified atom stereocenters. The molecular weight excluding hydrogens is 274 g/mol. The van der Waals surface area contributed by atoms with E-state index >= 15 is 0 Å². The minimum Gasteiger partial charge on any atom is -0.416 e. The van der Waals surface area contributed by atoms with Crippen LogP contribution in [0.1, 0.15) is 25.5 Å². The maximum absolute atomic E-state index is 6.16. The van der Waals surface area contributed by atoms with Crippen LogP contribution in [0, 0.1) is 5.92 Å². The largest absolute Gasteiger partial charge is 0.416 e. The molecule has 22 heavy (non-hydrogen) atoms. The third-order valence-electron chi connectivity index (χ3n) is 3.71. The Kier molecular flexibility index (Phi) is 4.02. The van der Waals surface area contributed by atoms with E-state index in [9.17, 15) is 0 Å². The molecule has 1 atom stereocenters. The molecule has 0 aliphatic heterocycles. The molecule has 0 amide bonds. The zero-order chi connectivity index (χ0) is 15.5. The zero-order valence-corrected chi connectivity index (χ0v) is 12.7. The van der Waals surface area contributed by atoms with Crippen LogP contribution in [0.2, 0.25) is 0 Å². The van der Waals surface area contributed by atoms with E-state index in [0.29, 0.717) is 17.7 Å². The summed E-state index contributed by atoms with van der Waals surface area (Å²) in [6.45, 7) is 4.23. The quantitative estimate of drug-likeness (QED) is 0.787. The number of rotatable bonds is 4. The molecule has 2 aromatic carbocycles. The molecule has 112 valence electrons. The lowest BCUT2D eigenvalue weighted by atomic mass is 9.96. The van der Waals surface area contributed by atoms with Gasteiger partial charge in [-0.1, -0.05) is 44.2 Å². The predicted molar refractivity (Wildman–Crippen MR) is 86.9 cm³/mol. The van der Waals surface area contributed by atoms with E-state index in [1.807, 2.05) is 54.6 Å². The van der Waals surface area contributed by atoms with Crippen LogP contribution in [0.5, 0.6) is 0 Å². The molecule has 0 radical (unpaired) electrons. The normalized spacial score (nSPS) is 12.5. The van der Waals surface area contributed by atoms with Crippen LogP contribution in [-0.2, 0) is 0 Å². The lowest BCUT2D eigenvalue weighted by Crippen LogP contribution is -2.16. The second-order valence-corrected chi connectivity index (χ2v) is 5.67. The van der Waals surface area contributed by atoms with Crippen molar-refractivity contribution in [1.29, 1.82) is 0 Å². The van der Waals surface area contributed by atoms with E-state index in [2.05, 4.69) is 24.0 Å². The molecule has 1 heterocycles. The van der Waals surface area contributed by atoms with Gasteiger partial charge in [0, 0.05) is 17.2 Å². The second kappa shape index (κ2) is 6.12. The van der Waals surface area contributed by atoms with Gasteiger partial charge in [-0.25, -0.2) is 0 Å². The van der Waals surface area contributed by atoms with Crippen molar-refractivity contribution in [1.82, 2.24) is 10.2 Å². The predicted octanol–water partition coefficient (Wildman–Crippen LogP) is 4.06. The van der Waals surface area contributed by atoms with E-state index in [-0.39, 0.29) is 6.04 Å². The second-order valence-electron chi connectivity index (χ2n) is 5.67. The van der Waals surface area contributed by atoms with Crippen molar-refractivity contribution in [2.24, 2.45) is 11.7 Å². The van der Waals surface area contributed by atoms with Crippen molar-refractivity contribution < 1.29 is 4.42 Å². The Labute approximate surface area is 130 Å². The summed E-state index contributed by atoms with van der Waals surface area (Å²) in [5.41, 5.74) is 9.08. The Morgan fingerprint density at radius 1 is 0.818 bits per heavy atom. The topological polar surface area (TPSA) is 64.9 Å². The van der Waals surface area contributed by atoms with Gasteiger partial charge in [0.2, 0.25) is 11.8 Å². The van der Waals surface area contributed by atoms with Gasteiger partial charge in [0.1, 0.15) is 0 Å². The molecule has 0 aliphatic carbocycles. The Balaban J connectivity index is 1.85. The monoisotopic (exact) mass is 293 g/mol. The molecular formula is C18H19N3O. The van der Waals surface area contributed by atoms with Gasteiger partial charge >= 0.3 is 0 Å². The van der Waals surface area contributed by atoms with E-state index in [1.54, 1.807) is 0 Å². The van der Waals surface area contributed by atoms with Gasteiger partial charge in [-0.3, -0.25) is 0 Å². The minimum absolute atomic E-state index is 0.0385. The standard InChI is InChI=1S/C18H19N3O/c1-12(2)16(19)13-8-10-15(11-9-13)18-21-20-17(22-18)14-6-4-3-5-7-14/h3-12,16H,19H2,1-2H3. The summed E-state index contributed by atoms with van der Waals surface area (Å²) in [6, 6.07) is 17.8. The van der Waals surface area contributed by atoms with Crippen LogP contribution < -0.4 is 5.73 Å². The maximum Gasteiger partial charge on any atom is 0.248 e. The average Bonchev–Trinajstić information content (AvgIpc) is 3.05. The molecule has 4 nitrogen and oxygen atoms in total. The number of nitrogens with zero attached hydrogens (tertiary/aromatic N) is 2. The molecule has 0 fully saturated rings. The first kappa shape index (κ1) is 14.5. The molecule has 1 aromatic heterocycles. The van der Waals surface area contributed by atoms with Crippen LogP contribution in [-0.4, -0.2) is 10.2 Å². The lowest BCUT2D eigenvalue weighted by molar-refractivity contribution is 0.514. The number of benzene rings is 2. The smallest absolute Gasteiger partial charge is 0.248 e. The van der Waals surface area contributed by atoms with E-state index < -0.39 is 0 Å². The first-order chi connectivity index (χ1) is 10.6. The molecule has 0 aliphatic rings. The van der Waals surface area contributed by atoms with Crippen LogP contribution in [0.3, 0.4) is 0 Å². The van der Waals surface area contributed by atoms with Crippen molar-refractivity contribution in [3.05, 3.63) is 60.2 Å². The van der Waals surface area contributed by atoms with E-state index in [1.165, 1.54) is 0 Å². The van der Waals surface area contributed by atoms with Crippen molar-refractivity contribution in [3.8, 4) is 22.9 Å². The van der Waals surface area contributed by atoms with Crippen molar-refractivity contribution in [3.63, 3.8) is 0 Å². The summed E-state index contributed by atoms with van der Waals surface area (Å²) in [5, 5.41) is 8.23. The van der Waals surface area contributed by atoms with Crippen LogP contribution in [0.4, 0.5) is 0 Å². The number of hydrogen-bond donors (Lipinski definition) is 1. The highest BCUT2D eigenvalue weighted by Crippen LogP contribution is 2.26. The Morgan fingerprint density at radius 2 is 1.36 bits per heavy atom. The highest BCUT2D eigenvalue weighted by molar-refractivity contribution is 5.58.